The molecule has 2 nitrogen and oxygen atoms in total. The van der Waals surface area contributed by atoms with Crippen molar-refractivity contribution in [2.45, 2.75) is 6.61 Å². The molecule has 0 saturated carbocycles. The molecule has 2 aromatic rings. The first-order valence-corrected chi connectivity index (χ1v) is 4.62. The van der Waals surface area contributed by atoms with Crippen molar-refractivity contribution in [3.8, 4) is 11.1 Å². The Morgan fingerprint density at radius 1 is 1.20 bits per heavy atom. The van der Waals surface area contributed by atoms with E-state index in [0.717, 1.165) is 5.56 Å². The number of halogens is 1. The molecule has 0 aliphatic heterocycles. The number of rotatable bonds is 2. The lowest BCUT2D eigenvalue weighted by Gasteiger charge is -2.06. The molecule has 15 heavy (non-hydrogen) atoms. The maximum atomic E-state index is 13.0. The fraction of sp³-hybridized carbons (Fsp3) is 0.0833. The summed E-state index contributed by atoms with van der Waals surface area (Å²) in [6.07, 6.45) is 1.36. The first-order chi connectivity index (χ1) is 7.31. The van der Waals surface area contributed by atoms with Crippen LogP contribution in [0.25, 0.3) is 11.1 Å². The van der Waals surface area contributed by atoms with Gasteiger partial charge in [-0.1, -0.05) is 30.3 Å². The highest BCUT2D eigenvalue weighted by atomic mass is 19.1. The lowest BCUT2D eigenvalue weighted by atomic mass is 10.0. The maximum absolute atomic E-state index is 13.0. The Morgan fingerprint density at radius 3 is 2.60 bits per heavy atom. The summed E-state index contributed by atoms with van der Waals surface area (Å²) in [5.74, 6) is -0.536. The summed E-state index contributed by atoms with van der Waals surface area (Å²) >= 11 is 0. The van der Waals surface area contributed by atoms with E-state index in [0.29, 0.717) is 11.1 Å². The number of benzene rings is 1. The Balaban J connectivity index is 2.56. The Morgan fingerprint density at radius 2 is 1.93 bits per heavy atom. The Hall–Kier alpha value is -1.74. The van der Waals surface area contributed by atoms with E-state index in [1.807, 2.05) is 30.3 Å². The van der Waals surface area contributed by atoms with Crippen molar-refractivity contribution in [1.82, 2.24) is 4.98 Å². The monoisotopic (exact) mass is 203 g/mol. The summed E-state index contributed by atoms with van der Waals surface area (Å²) in [5.41, 5.74) is 2.19. The standard InChI is InChI=1S/C12H10FNO/c13-12-6-11(10(8-15)7-14-12)9-4-2-1-3-5-9/h1-7,15H,8H2. The van der Waals surface area contributed by atoms with Crippen LogP contribution in [0.5, 0.6) is 0 Å². The van der Waals surface area contributed by atoms with Gasteiger partial charge in [0.15, 0.2) is 0 Å². The topological polar surface area (TPSA) is 33.1 Å². The van der Waals surface area contributed by atoms with E-state index in [2.05, 4.69) is 4.98 Å². The first kappa shape index (κ1) is 9.80. The van der Waals surface area contributed by atoms with Gasteiger partial charge in [0.2, 0.25) is 5.95 Å². The second-order valence-corrected chi connectivity index (χ2v) is 3.19. The molecule has 0 atom stereocenters. The second-order valence-electron chi connectivity index (χ2n) is 3.19. The summed E-state index contributed by atoms with van der Waals surface area (Å²) in [6.45, 7) is -0.141. The Kier molecular flexibility index (Phi) is 2.74. The number of aliphatic hydroxyl groups is 1. The zero-order valence-electron chi connectivity index (χ0n) is 8.02. The average Bonchev–Trinajstić information content (AvgIpc) is 2.30. The van der Waals surface area contributed by atoms with Crippen molar-refractivity contribution in [3.05, 3.63) is 54.1 Å². The molecule has 0 spiro atoms. The number of nitrogens with zero attached hydrogens (tertiary/aromatic N) is 1. The van der Waals surface area contributed by atoms with Crippen molar-refractivity contribution < 1.29 is 9.50 Å². The number of aromatic nitrogens is 1. The zero-order valence-corrected chi connectivity index (χ0v) is 8.02. The van der Waals surface area contributed by atoms with Crippen molar-refractivity contribution in [1.29, 1.82) is 0 Å². The van der Waals surface area contributed by atoms with E-state index in [4.69, 9.17) is 5.11 Å². The normalized spacial score (nSPS) is 10.3. The van der Waals surface area contributed by atoms with Crippen LogP contribution in [-0.2, 0) is 6.61 Å². The molecule has 76 valence electrons. The van der Waals surface area contributed by atoms with E-state index in [9.17, 15) is 4.39 Å². The van der Waals surface area contributed by atoms with Crippen LogP contribution in [0.15, 0.2) is 42.6 Å². The summed E-state index contributed by atoms with van der Waals surface area (Å²) in [7, 11) is 0. The van der Waals surface area contributed by atoms with Gasteiger partial charge in [-0.05, 0) is 11.1 Å². The van der Waals surface area contributed by atoms with Crippen molar-refractivity contribution in [3.63, 3.8) is 0 Å². The molecule has 1 N–H and O–H groups in total. The molecule has 0 amide bonds. The van der Waals surface area contributed by atoms with Crippen molar-refractivity contribution >= 4 is 0 Å². The molecular formula is C12H10FNO. The molecule has 0 aliphatic rings. The SMILES string of the molecule is OCc1cnc(F)cc1-c1ccccc1. The minimum atomic E-state index is -0.536. The van der Waals surface area contributed by atoms with Gasteiger partial charge in [0.1, 0.15) is 0 Å². The molecular weight excluding hydrogens is 193 g/mol. The minimum Gasteiger partial charge on any atom is -0.392 e. The maximum Gasteiger partial charge on any atom is 0.213 e. The molecule has 0 bridgehead atoms. The van der Waals surface area contributed by atoms with Crippen LogP contribution in [0.3, 0.4) is 0 Å². The van der Waals surface area contributed by atoms with Gasteiger partial charge < -0.3 is 5.11 Å². The van der Waals surface area contributed by atoms with Crippen molar-refractivity contribution in [2.24, 2.45) is 0 Å². The van der Waals surface area contributed by atoms with E-state index < -0.39 is 5.95 Å². The number of hydrogen-bond donors (Lipinski definition) is 1. The summed E-state index contributed by atoms with van der Waals surface area (Å²) in [5, 5.41) is 9.11. The van der Waals surface area contributed by atoms with Gasteiger partial charge >= 0.3 is 0 Å². The molecule has 1 heterocycles. The highest BCUT2D eigenvalue weighted by Crippen LogP contribution is 2.23. The summed E-state index contributed by atoms with van der Waals surface area (Å²) in [4.78, 5) is 3.51. The molecule has 0 saturated heterocycles. The molecule has 0 radical (unpaired) electrons. The van der Waals surface area contributed by atoms with Crippen LogP contribution in [0, 0.1) is 5.95 Å². The second kappa shape index (κ2) is 4.19. The van der Waals surface area contributed by atoms with Gasteiger partial charge in [0.25, 0.3) is 0 Å². The zero-order chi connectivity index (χ0) is 10.7. The highest BCUT2D eigenvalue weighted by Gasteiger charge is 2.06. The molecule has 0 unspecified atom stereocenters. The Labute approximate surface area is 87.0 Å². The predicted molar refractivity (Wildman–Crippen MR) is 55.6 cm³/mol. The van der Waals surface area contributed by atoms with Crippen molar-refractivity contribution in [2.75, 3.05) is 0 Å². The fourth-order valence-electron chi connectivity index (χ4n) is 1.47. The van der Waals surface area contributed by atoms with Gasteiger partial charge in [-0.2, -0.15) is 4.39 Å². The number of pyridine rings is 1. The van der Waals surface area contributed by atoms with Crippen LogP contribution in [-0.4, -0.2) is 10.1 Å². The average molecular weight is 203 g/mol. The van der Waals surface area contributed by atoms with Crippen LogP contribution in [0.4, 0.5) is 4.39 Å². The van der Waals surface area contributed by atoms with E-state index >= 15 is 0 Å². The first-order valence-electron chi connectivity index (χ1n) is 4.62. The van der Waals surface area contributed by atoms with Gasteiger partial charge in [0, 0.05) is 17.8 Å². The van der Waals surface area contributed by atoms with Gasteiger partial charge in [0.05, 0.1) is 6.61 Å². The van der Waals surface area contributed by atoms with Crippen LogP contribution in [0.2, 0.25) is 0 Å². The quantitative estimate of drug-likeness (QED) is 0.760. The molecule has 3 heteroatoms. The highest BCUT2D eigenvalue weighted by molar-refractivity contribution is 5.66. The number of hydrogen-bond acceptors (Lipinski definition) is 2. The number of aliphatic hydroxyl groups excluding tert-OH is 1. The Bertz CT molecular complexity index is 456. The molecule has 1 aromatic carbocycles. The smallest absolute Gasteiger partial charge is 0.213 e. The van der Waals surface area contributed by atoms with Crippen LogP contribution < -0.4 is 0 Å². The summed E-state index contributed by atoms with van der Waals surface area (Å²) in [6, 6.07) is 10.7. The predicted octanol–water partition coefficient (Wildman–Crippen LogP) is 2.38. The third-order valence-corrected chi connectivity index (χ3v) is 2.21. The largest absolute Gasteiger partial charge is 0.392 e. The van der Waals surface area contributed by atoms with Crippen LogP contribution >= 0.6 is 0 Å². The van der Waals surface area contributed by atoms with E-state index in [1.54, 1.807) is 0 Å². The lowest BCUT2D eigenvalue weighted by Crippen LogP contribution is -1.93. The molecule has 0 fully saturated rings. The van der Waals surface area contributed by atoms with E-state index in [-0.39, 0.29) is 6.61 Å². The third kappa shape index (κ3) is 2.02. The van der Waals surface area contributed by atoms with Gasteiger partial charge in [-0.3, -0.25) is 0 Å². The van der Waals surface area contributed by atoms with Crippen LogP contribution in [0.1, 0.15) is 5.56 Å². The van der Waals surface area contributed by atoms with Gasteiger partial charge in [-0.25, -0.2) is 4.98 Å². The van der Waals surface area contributed by atoms with Gasteiger partial charge in [-0.15, -0.1) is 0 Å². The molecule has 0 aliphatic carbocycles. The molecule has 2 rings (SSSR count). The third-order valence-electron chi connectivity index (χ3n) is 2.21. The minimum absolute atomic E-state index is 0.141. The van der Waals surface area contributed by atoms with E-state index in [1.165, 1.54) is 12.3 Å². The fourth-order valence-corrected chi connectivity index (χ4v) is 1.47. The molecule has 1 aromatic heterocycles. The lowest BCUT2D eigenvalue weighted by molar-refractivity contribution is 0.281. The summed E-state index contributed by atoms with van der Waals surface area (Å²) < 4.78 is 13.0.